The van der Waals surface area contributed by atoms with E-state index in [4.69, 9.17) is 0 Å². The molecular weight excluding hydrogens is 178 g/mol. The maximum absolute atomic E-state index is 11.8. The lowest BCUT2D eigenvalue weighted by Crippen LogP contribution is -2.01. The minimum Gasteiger partial charge on any atom is -0.415 e. The number of pyridine rings is 1. The molecule has 0 radical (unpaired) electrons. The number of aromatic nitrogens is 2. The van der Waals surface area contributed by atoms with Crippen LogP contribution in [0.15, 0.2) is 30.6 Å². The molecule has 0 bridgehead atoms. The Hall–Kier alpha value is -1.65. The Morgan fingerprint density at radius 2 is 2.23 bits per heavy atom. The second-order valence-electron chi connectivity index (χ2n) is 2.42. The third kappa shape index (κ3) is 1.58. The highest BCUT2D eigenvalue weighted by Gasteiger charge is 2.07. The smallest absolute Gasteiger partial charge is 0.388 e. The summed E-state index contributed by atoms with van der Waals surface area (Å²) in [6, 6.07) is 5.26. The van der Waals surface area contributed by atoms with E-state index in [0.29, 0.717) is 5.65 Å². The lowest BCUT2D eigenvalue weighted by Gasteiger charge is -1.96. The molecule has 0 saturated heterocycles. The van der Waals surface area contributed by atoms with Gasteiger partial charge in [-0.1, -0.05) is 6.07 Å². The van der Waals surface area contributed by atoms with Gasteiger partial charge in [-0.05, 0) is 12.1 Å². The quantitative estimate of drug-likeness (QED) is 0.712. The zero-order valence-electron chi connectivity index (χ0n) is 6.52. The van der Waals surface area contributed by atoms with Crippen LogP contribution < -0.4 is 4.74 Å². The molecule has 3 nitrogen and oxygen atoms in total. The van der Waals surface area contributed by atoms with Crippen LogP contribution in [0.2, 0.25) is 0 Å². The van der Waals surface area contributed by atoms with Crippen LogP contribution in [-0.2, 0) is 0 Å². The number of fused-ring (bicyclic) bond motifs is 1. The van der Waals surface area contributed by atoms with Gasteiger partial charge in [0.25, 0.3) is 0 Å². The minimum atomic E-state index is -2.83. The molecule has 2 rings (SSSR count). The van der Waals surface area contributed by atoms with Gasteiger partial charge in [0, 0.05) is 6.20 Å². The van der Waals surface area contributed by atoms with E-state index in [1.807, 2.05) is 0 Å². The van der Waals surface area contributed by atoms with Crippen LogP contribution in [0, 0.1) is 0 Å². The van der Waals surface area contributed by atoms with Crippen molar-refractivity contribution in [2.75, 3.05) is 0 Å². The molecule has 0 aliphatic heterocycles. The van der Waals surface area contributed by atoms with E-state index in [-0.39, 0.29) is 5.88 Å². The van der Waals surface area contributed by atoms with Crippen molar-refractivity contribution < 1.29 is 13.5 Å². The van der Waals surface area contributed by atoms with E-state index in [1.165, 1.54) is 6.20 Å². The largest absolute Gasteiger partial charge is 0.415 e. The highest BCUT2D eigenvalue weighted by molar-refractivity contribution is 5.40. The van der Waals surface area contributed by atoms with Gasteiger partial charge in [0.15, 0.2) is 0 Å². The van der Waals surface area contributed by atoms with Crippen LogP contribution in [0.3, 0.4) is 0 Å². The van der Waals surface area contributed by atoms with Crippen molar-refractivity contribution in [1.82, 2.24) is 9.38 Å². The summed E-state index contributed by atoms with van der Waals surface area (Å²) >= 11 is 0. The Morgan fingerprint density at radius 3 is 2.92 bits per heavy atom. The van der Waals surface area contributed by atoms with Crippen molar-refractivity contribution in [3.63, 3.8) is 0 Å². The molecule has 0 saturated carbocycles. The average Bonchev–Trinajstić information content (AvgIpc) is 2.44. The van der Waals surface area contributed by atoms with Gasteiger partial charge in [0.2, 0.25) is 5.88 Å². The highest BCUT2D eigenvalue weighted by atomic mass is 19.3. The summed E-state index contributed by atoms with van der Waals surface area (Å²) in [5.41, 5.74) is 0.582. The van der Waals surface area contributed by atoms with Gasteiger partial charge in [-0.3, -0.25) is 0 Å². The maximum Gasteiger partial charge on any atom is 0.388 e. The molecule has 0 fully saturated rings. The van der Waals surface area contributed by atoms with Crippen LogP contribution in [0.5, 0.6) is 5.88 Å². The van der Waals surface area contributed by atoms with Gasteiger partial charge >= 0.3 is 6.61 Å². The molecule has 0 aliphatic rings. The van der Waals surface area contributed by atoms with Crippen LogP contribution >= 0.6 is 0 Å². The molecule has 2 aromatic heterocycles. The summed E-state index contributed by atoms with van der Waals surface area (Å²) in [5, 5.41) is 0. The number of imidazole rings is 1. The monoisotopic (exact) mass is 184 g/mol. The SMILES string of the molecule is FC(F)Oc1cn2ccccc2n1. The fourth-order valence-electron chi connectivity index (χ4n) is 1.06. The lowest BCUT2D eigenvalue weighted by molar-refractivity contribution is -0.0525. The molecule has 0 atom stereocenters. The molecule has 2 aromatic rings. The summed E-state index contributed by atoms with van der Waals surface area (Å²) in [4.78, 5) is 3.81. The number of alkyl halides is 2. The first-order valence-electron chi connectivity index (χ1n) is 3.64. The van der Waals surface area contributed by atoms with Crippen molar-refractivity contribution in [3.05, 3.63) is 30.6 Å². The molecule has 2 heterocycles. The lowest BCUT2D eigenvalue weighted by atomic mass is 10.5. The highest BCUT2D eigenvalue weighted by Crippen LogP contribution is 2.13. The summed E-state index contributed by atoms with van der Waals surface area (Å²) in [6.07, 6.45) is 3.11. The van der Waals surface area contributed by atoms with E-state index < -0.39 is 6.61 Å². The van der Waals surface area contributed by atoms with E-state index in [1.54, 1.807) is 28.8 Å². The molecule has 0 spiro atoms. The standard InChI is InChI=1S/C8H6F2N2O/c9-8(10)13-7-5-12-4-2-1-3-6(12)11-7/h1-5,8H. The maximum atomic E-state index is 11.8. The van der Waals surface area contributed by atoms with Crippen LogP contribution in [0.4, 0.5) is 8.78 Å². The third-order valence-electron chi connectivity index (χ3n) is 1.55. The number of nitrogens with zero attached hydrogens (tertiary/aromatic N) is 2. The Labute approximate surface area is 72.6 Å². The van der Waals surface area contributed by atoms with E-state index in [2.05, 4.69) is 9.72 Å². The predicted molar refractivity (Wildman–Crippen MR) is 41.8 cm³/mol. The Balaban J connectivity index is 2.38. The molecule has 0 aromatic carbocycles. The zero-order chi connectivity index (χ0) is 9.26. The molecule has 0 N–H and O–H groups in total. The first-order valence-corrected chi connectivity index (χ1v) is 3.64. The zero-order valence-corrected chi connectivity index (χ0v) is 6.52. The third-order valence-corrected chi connectivity index (χ3v) is 1.55. The minimum absolute atomic E-state index is 0.0683. The van der Waals surface area contributed by atoms with Gasteiger partial charge in [-0.15, -0.1) is 0 Å². The average molecular weight is 184 g/mol. The van der Waals surface area contributed by atoms with Crippen molar-refractivity contribution in [2.24, 2.45) is 0 Å². The molecular formula is C8H6F2N2O. The number of hydrogen-bond acceptors (Lipinski definition) is 2. The number of halogens is 2. The Bertz CT molecular complexity index is 380. The van der Waals surface area contributed by atoms with Crippen LogP contribution in [0.1, 0.15) is 0 Å². The fourth-order valence-corrected chi connectivity index (χ4v) is 1.06. The molecule has 5 heteroatoms. The number of ether oxygens (including phenoxy) is 1. The summed E-state index contributed by atoms with van der Waals surface area (Å²) in [7, 11) is 0. The van der Waals surface area contributed by atoms with Gasteiger partial charge in [0.1, 0.15) is 5.65 Å². The first-order chi connectivity index (χ1) is 6.25. The van der Waals surface area contributed by atoms with Gasteiger partial charge < -0.3 is 9.14 Å². The van der Waals surface area contributed by atoms with Crippen molar-refractivity contribution in [1.29, 1.82) is 0 Å². The van der Waals surface area contributed by atoms with E-state index in [9.17, 15) is 8.78 Å². The topological polar surface area (TPSA) is 26.5 Å². The molecule has 68 valence electrons. The van der Waals surface area contributed by atoms with E-state index in [0.717, 1.165) is 0 Å². The molecule has 0 unspecified atom stereocenters. The summed E-state index contributed by atoms with van der Waals surface area (Å²) in [5.74, 6) is -0.0683. The van der Waals surface area contributed by atoms with Gasteiger partial charge in [-0.25, -0.2) is 0 Å². The van der Waals surface area contributed by atoms with Crippen LogP contribution in [-0.4, -0.2) is 16.0 Å². The first kappa shape index (κ1) is 7.97. The van der Waals surface area contributed by atoms with Gasteiger partial charge in [0.05, 0.1) is 6.20 Å². The Kier molecular flexibility index (Phi) is 1.84. The second-order valence-corrected chi connectivity index (χ2v) is 2.42. The molecule has 0 amide bonds. The number of rotatable bonds is 2. The van der Waals surface area contributed by atoms with Crippen molar-refractivity contribution in [3.8, 4) is 5.88 Å². The predicted octanol–water partition coefficient (Wildman–Crippen LogP) is 1.94. The summed E-state index contributed by atoms with van der Waals surface area (Å²) < 4.78 is 29.3. The van der Waals surface area contributed by atoms with Crippen molar-refractivity contribution >= 4 is 5.65 Å². The second kappa shape index (κ2) is 3.01. The van der Waals surface area contributed by atoms with Crippen LogP contribution in [0.25, 0.3) is 5.65 Å². The normalized spacial score (nSPS) is 11.0. The van der Waals surface area contributed by atoms with Gasteiger partial charge in [-0.2, -0.15) is 13.8 Å². The van der Waals surface area contributed by atoms with E-state index >= 15 is 0 Å². The summed E-state index contributed by atoms with van der Waals surface area (Å²) in [6.45, 7) is -2.83. The number of hydrogen-bond donors (Lipinski definition) is 0. The fraction of sp³-hybridized carbons (Fsp3) is 0.125. The molecule has 0 aliphatic carbocycles. The van der Waals surface area contributed by atoms with Crippen molar-refractivity contribution in [2.45, 2.75) is 6.61 Å². The Morgan fingerprint density at radius 1 is 1.38 bits per heavy atom. The molecule has 13 heavy (non-hydrogen) atoms.